The van der Waals surface area contributed by atoms with Crippen LogP contribution in [0.4, 0.5) is 20.2 Å². The molecule has 0 amide bonds. The molecule has 2 unspecified atom stereocenters. The van der Waals surface area contributed by atoms with Gasteiger partial charge in [0, 0.05) is 17.8 Å². The molecule has 3 nitrogen and oxygen atoms in total. The van der Waals surface area contributed by atoms with Gasteiger partial charge in [0.25, 0.3) is 0 Å². The van der Waals surface area contributed by atoms with Gasteiger partial charge in [0.2, 0.25) is 0 Å². The molecule has 2 aliphatic rings. The Kier molecular flexibility index (Phi) is 2.66. The molecule has 5 heteroatoms. The number of hydrogen-bond acceptors (Lipinski definition) is 3. The Hall–Kier alpha value is -1.36. The number of benzene rings is 1. The standard InChI is InChI=1S/C13H16F2N2O/c14-11-3-7(16)4-12(15)13(11)17-8-1-2-9(17)6-10(18)5-8/h3-4,8-10,18H,1-2,5-6,16H2. The summed E-state index contributed by atoms with van der Waals surface area (Å²) in [6.45, 7) is 0. The molecule has 0 spiro atoms. The van der Waals surface area contributed by atoms with Crippen molar-refractivity contribution in [2.75, 3.05) is 10.6 Å². The lowest BCUT2D eigenvalue weighted by Crippen LogP contribution is -2.45. The maximum Gasteiger partial charge on any atom is 0.151 e. The summed E-state index contributed by atoms with van der Waals surface area (Å²) < 4.78 is 27.9. The summed E-state index contributed by atoms with van der Waals surface area (Å²) in [5.74, 6) is -1.22. The van der Waals surface area contributed by atoms with Gasteiger partial charge in [-0.05, 0) is 37.8 Å². The zero-order valence-electron chi connectivity index (χ0n) is 9.94. The molecule has 2 aliphatic heterocycles. The van der Waals surface area contributed by atoms with E-state index in [0.29, 0.717) is 12.8 Å². The van der Waals surface area contributed by atoms with Crippen LogP contribution in [0.5, 0.6) is 0 Å². The summed E-state index contributed by atoms with van der Waals surface area (Å²) in [4.78, 5) is 1.80. The first kappa shape index (κ1) is 11.7. The summed E-state index contributed by atoms with van der Waals surface area (Å²) in [6.07, 6.45) is 2.58. The molecule has 0 aromatic heterocycles. The highest BCUT2D eigenvalue weighted by Gasteiger charge is 2.42. The third-order valence-electron chi connectivity index (χ3n) is 4.01. The number of rotatable bonds is 1. The molecular formula is C13H16F2N2O. The van der Waals surface area contributed by atoms with Crippen molar-refractivity contribution < 1.29 is 13.9 Å². The second-order valence-electron chi connectivity index (χ2n) is 5.25. The SMILES string of the molecule is Nc1cc(F)c(N2C3CCC2CC(O)C3)c(F)c1. The van der Waals surface area contributed by atoms with Gasteiger partial charge < -0.3 is 15.7 Å². The minimum Gasteiger partial charge on any atom is -0.399 e. The van der Waals surface area contributed by atoms with Gasteiger partial charge in [0.15, 0.2) is 11.6 Å². The first-order chi connectivity index (χ1) is 8.56. The van der Waals surface area contributed by atoms with Crippen molar-refractivity contribution in [3.8, 4) is 0 Å². The predicted octanol–water partition coefficient (Wildman–Crippen LogP) is 2.04. The van der Waals surface area contributed by atoms with E-state index in [4.69, 9.17) is 5.73 Å². The van der Waals surface area contributed by atoms with Gasteiger partial charge in [-0.1, -0.05) is 0 Å². The van der Waals surface area contributed by atoms with Crippen molar-refractivity contribution in [2.24, 2.45) is 0 Å². The van der Waals surface area contributed by atoms with Crippen LogP contribution in [-0.2, 0) is 0 Å². The highest BCUT2D eigenvalue weighted by Crippen LogP contribution is 2.41. The average molecular weight is 254 g/mol. The third-order valence-corrected chi connectivity index (χ3v) is 4.01. The molecule has 2 atom stereocenters. The molecule has 3 N–H and O–H groups in total. The van der Waals surface area contributed by atoms with Crippen molar-refractivity contribution in [1.29, 1.82) is 0 Å². The van der Waals surface area contributed by atoms with E-state index in [1.807, 2.05) is 0 Å². The van der Waals surface area contributed by atoms with Gasteiger partial charge in [0.05, 0.1) is 6.10 Å². The van der Waals surface area contributed by atoms with Crippen LogP contribution < -0.4 is 10.6 Å². The van der Waals surface area contributed by atoms with Crippen LogP contribution >= 0.6 is 0 Å². The van der Waals surface area contributed by atoms with Crippen molar-refractivity contribution in [1.82, 2.24) is 0 Å². The fourth-order valence-corrected chi connectivity index (χ4v) is 3.35. The van der Waals surface area contributed by atoms with Crippen LogP contribution in [-0.4, -0.2) is 23.3 Å². The summed E-state index contributed by atoms with van der Waals surface area (Å²) in [5, 5.41) is 9.70. The van der Waals surface area contributed by atoms with Crippen LogP contribution in [0.25, 0.3) is 0 Å². The smallest absolute Gasteiger partial charge is 0.151 e. The quantitative estimate of drug-likeness (QED) is 0.754. The fraction of sp³-hybridized carbons (Fsp3) is 0.538. The molecule has 0 radical (unpaired) electrons. The van der Waals surface area contributed by atoms with E-state index >= 15 is 0 Å². The summed E-state index contributed by atoms with van der Waals surface area (Å²) in [7, 11) is 0. The largest absolute Gasteiger partial charge is 0.399 e. The third kappa shape index (κ3) is 1.73. The van der Waals surface area contributed by atoms with Crippen molar-refractivity contribution in [3.63, 3.8) is 0 Å². The normalized spacial score (nSPS) is 30.8. The molecule has 2 bridgehead atoms. The van der Waals surface area contributed by atoms with Crippen LogP contribution in [0.3, 0.4) is 0 Å². The summed E-state index contributed by atoms with van der Waals surface area (Å²) in [5.41, 5.74) is 5.54. The van der Waals surface area contributed by atoms with Crippen molar-refractivity contribution in [3.05, 3.63) is 23.8 Å². The lowest BCUT2D eigenvalue weighted by molar-refractivity contribution is 0.125. The Morgan fingerprint density at radius 2 is 1.61 bits per heavy atom. The molecule has 18 heavy (non-hydrogen) atoms. The number of aliphatic hydroxyl groups excluding tert-OH is 1. The van der Waals surface area contributed by atoms with E-state index in [0.717, 1.165) is 25.0 Å². The second kappa shape index (κ2) is 4.09. The van der Waals surface area contributed by atoms with Gasteiger partial charge in [-0.25, -0.2) is 8.78 Å². The number of aliphatic hydroxyl groups is 1. The predicted molar refractivity (Wildman–Crippen MR) is 65.3 cm³/mol. The molecule has 98 valence electrons. The van der Waals surface area contributed by atoms with Gasteiger partial charge in [0.1, 0.15) is 5.69 Å². The van der Waals surface area contributed by atoms with Crippen molar-refractivity contribution in [2.45, 2.75) is 43.9 Å². The molecule has 0 aliphatic carbocycles. The van der Waals surface area contributed by atoms with Gasteiger partial charge in [-0.3, -0.25) is 0 Å². The number of halogens is 2. The average Bonchev–Trinajstić information content (AvgIpc) is 2.53. The van der Waals surface area contributed by atoms with E-state index in [1.54, 1.807) is 4.90 Å². The Labute approximate surface area is 104 Å². The maximum absolute atomic E-state index is 13.9. The molecule has 2 saturated heterocycles. The Morgan fingerprint density at radius 3 is 2.11 bits per heavy atom. The first-order valence-corrected chi connectivity index (χ1v) is 6.27. The van der Waals surface area contributed by atoms with Gasteiger partial charge in [-0.2, -0.15) is 0 Å². The van der Waals surface area contributed by atoms with Gasteiger partial charge in [-0.15, -0.1) is 0 Å². The first-order valence-electron chi connectivity index (χ1n) is 6.27. The zero-order valence-corrected chi connectivity index (χ0v) is 9.94. The maximum atomic E-state index is 13.9. The van der Waals surface area contributed by atoms with E-state index in [2.05, 4.69) is 0 Å². The number of nitrogens with zero attached hydrogens (tertiary/aromatic N) is 1. The highest BCUT2D eigenvalue weighted by molar-refractivity contribution is 5.58. The van der Waals surface area contributed by atoms with Crippen LogP contribution in [0.15, 0.2) is 12.1 Å². The molecule has 2 fully saturated rings. The number of nitrogens with two attached hydrogens (primary N) is 1. The molecule has 2 heterocycles. The second-order valence-corrected chi connectivity index (χ2v) is 5.25. The molecule has 1 aromatic rings. The number of piperidine rings is 1. The van der Waals surface area contributed by atoms with Crippen molar-refractivity contribution >= 4 is 11.4 Å². The number of fused-ring (bicyclic) bond motifs is 2. The Morgan fingerprint density at radius 1 is 1.11 bits per heavy atom. The van der Waals surface area contributed by atoms with E-state index in [1.165, 1.54) is 0 Å². The van der Waals surface area contributed by atoms with Gasteiger partial charge >= 0.3 is 0 Å². The molecule has 0 saturated carbocycles. The highest BCUT2D eigenvalue weighted by atomic mass is 19.1. The monoisotopic (exact) mass is 254 g/mol. The Balaban J connectivity index is 2.01. The summed E-state index contributed by atoms with van der Waals surface area (Å²) >= 11 is 0. The van der Waals surface area contributed by atoms with Crippen LogP contribution in [0, 0.1) is 11.6 Å². The fourth-order valence-electron chi connectivity index (χ4n) is 3.35. The lowest BCUT2D eigenvalue weighted by Gasteiger charge is -2.39. The summed E-state index contributed by atoms with van der Waals surface area (Å²) in [6, 6.07) is 2.38. The van der Waals surface area contributed by atoms with E-state index in [-0.39, 0.29) is 29.6 Å². The van der Waals surface area contributed by atoms with Crippen LogP contribution in [0.1, 0.15) is 25.7 Å². The topological polar surface area (TPSA) is 49.5 Å². The number of anilines is 2. The lowest BCUT2D eigenvalue weighted by atomic mass is 9.98. The minimum absolute atomic E-state index is 0.0172. The minimum atomic E-state index is -0.610. The zero-order chi connectivity index (χ0) is 12.9. The number of nitrogen functional groups attached to an aromatic ring is 1. The van der Waals surface area contributed by atoms with Crippen LogP contribution in [0.2, 0.25) is 0 Å². The molecule has 3 rings (SSSR count). The molecule has 1 aromatic carbocycles. The van der Waals surface area contributed by atoms with E-state index < -0.39 is 11.6 Å². The number of hydrogen-bond donors (Lipinski definition) is 2. The molecular weight excluding hydrogens is 238 g/mol. The Bertz CT molecular complexity index is 443. The van der Waals surface area contributed by atoms with E-state index in [9.17, 15) is 13.9 Å².